The molecule has 3 rings (SSSR count). The molecule has 0 saturated carbocycles. The van der Waals surface area contributed by atoms with Gasteiger partial charge in [-0.3, -0.25) is 14.4 Å². The minimum atomic E-state index is -1.52. The van der Waals surface area contributed by atoms with Gasteiger partial charge in [0.2, 0.25) is 17.3 Å². The van der Waals surface area contributed by atoms with Crippen LogP contribution in [-0.2, 0) is 19.3 Å². The molecular weight excluding hydrogens is 598 g/mol. The second-order valence-corrected chi connectivity index (χ2v) is 7.18. The van der Waals surface area contributed by atoms with Gasteiger partial charge in [-0.05, 0) is 17.2 Å². The zero-order chi connectivity index (χ0) is 30.0. The summed E-state index contributed by atoms with van der Waals surface area (Å²) in [5.74, 6) is -9.73. The predicted octanol–water partition coefficient (Wildman–Crippen LogP) is -0.459. The molecule has 3 aromatic rings. The minimum absolute atomic E-state index is 0. The third kappa shape index (κ3) is 9.24. The van der Waals surface area contributed by atoms with Crippen molar-refractivity contribution in [1.82, 2.24) is 0 Å². The minimum Gasteiger partial charge on any atom is -0.867 e. The smallest absolute Gasteiger partial charge is 0.867 e. The molecule has 0 radical (unpaired) electrons. The first-order valence-corrected chi connectivity index (χ1v) is 10.9. The molecule has 40 heavy (non-hydrogen) atoms. The van der Waals surface area contributed by atoms with Crippen LogP contribution in [-0.4, -0.2) is 53.0 Å². The first-order chi connectivity index (χ1) is 18.2. The summed E-state index contributed by atoms with van der Waals surface area (Å²) in [6.45, 7) is 5.07. The maximum absolute atomic E-state index is 10.9. The summed E-state index contributed by atoms with van der Waals surface area (Å²) in [5.41, 5.74) is -2.54. The van der Waals surface area contributed by atoms with Crippen molar-refractivity contribution < 1.29 is 58.3 Å². The van der Waals surface area contributed by atoms with Crippen LogP contribution in [0.4, 0.5) is 0 Å². The van der Waals surface area contributed by atoms with E-state index in [9.17, 15) is 44.1 Å². The van der Waals surface area contributed by atoms with Crippen LogP contribution < -0.4 is 31.6 Å². The van der Waals surface area contributed by atoms with E-state index in [1.807, 2.05) is 0 Å². The van der Waals surface area contributed by atoms with E-state index in [2.05, 4.69) is 13.3 Å². The molecule has 0 aromatic carbocycles. The molecule has 3 aromatic heterocycles. The molecule has 0 aliphatic rings. The molecule has 0 unspecified atom stereocenters. The normalized spacial score (nSPS) is 9.68. The SMILES string of the molecule is CCc1cc(=O)c([O-])c(C(=O)O)o1.CCc1cc(=O)c([O-])c(C(=O)O)o1.CCc1cc(=O)c([O-])c(C(=O)O)o1.[Ga+3]. The molecule has 3 heterocycles. The number of carboxylic acid groups (broad SMARTS) is 3. The number of hydrogen-bond donors (Lipinski definition) is 3. The summed E-state index contributed by atoms with van der Waals surface area (Å²) in [4.78, 5) is 63.9. The molecule has 16 heteroatoms. The Labute approximate surface area is 236 Å². The molecule has 0 spiro atoms. The Bertz CT molecular complexity index is 1360. The van der Waals surface area contributed by atoms with Crippen molar-refractivity contribution in [2.45, 2.75) is 40.0 Å². The van der Waals surface area contributed by atoms with Crippen LogP contribution in [0.25, 0.3) is 0 Å². The Morgan fingerprint density at radius 3 is 0.925 bits per heavy atom. The zero-order valence-corrected chi connectivity index (χ0v) is 23.6. The molecular formula is C24H21GaO15. The van der Waals surface area contributed by atoms with Crippen LogP contribution in [0.1, 0.15) is 69.7 Å². The van der Waals surface area contributed by atoms with Crippen molar-refractivity contribution in [3.05, 3.63) is 83.4 Å². The quantitative estimate of drug-likeness (QED) is 0.295. The standard InChI is InChI=1S/3C8H8O5.Ga/c3*1-2-4-3-5(9)6(10)7(13-4)8(11)12;/h3*3,10H,2H2,1H3,(H,11,12);/q;;;+3/p-3. The molecule has 0 atom stereocenters. The van der Waals surface area contributed by atoms with Gasteiger partial charge in [-0.25, -0.2) is 14.4 Å². The number of rotatable bonds is 6. The van der Waals surface area contributed by atoms with Gasteiger partial charge in [-0.15, -0.1) is 0 Å². The van der Waals surface area contributed by atoms with Gasteiger partial charge >= 0.3 is 37.7 Å². The van der Waals surface area contributed by atoms with Crippen molar-refractivity contribution in [2.24, 2.45) is 0 Å². The van der Waals surface area contributed by atoms with E-state index in [0.717, 1.165) is 18.2 Å². The van der Waals surface area contributed by atoms with E-state index in [1.54, 1.807) is 20.8 Å². The Hall–Kier alpha value is -4.70. The van der Waals surface area contributed by atoms with Gasteiger partial charge in [0.25, 0.3) is 0 Å². The number of aromatic carboxylic acids is 3. The summed E-state index contributed by atoms with van der Waals surface area (Å²) in [7, 11) is 0. The van der Waals surface area contributed by atoms with E-state index in [0.29, 0.717) is 19.3 Å². The predicted molar refractivity (Wildman–Crippen MR) is 128 cm³/mol. The third-order valence-electron chi connectivity index (χ3n) is 4.49. The Morgan fingerprint density at radius 1 is 0.575 bits per heavy atom. The van der Waals surface area contributed by atoms with Gasteiger partial charge in [-0.1, -0.05) is 20.8 Å². The summed E-state index contributed by atoms with van der Waals surface area (Å²) in [5, 5.41) is 58.1. The number of hydrogen-bond acceptors (Lipinski definition) is 12. The van der Waals surface area contributed by atoms with E-state index in [4.69, 9.17) is 15.3 Å². The Morgan fingerprint density at radius 2 is 0.775 bits per heavy atom. The molecule has 0 saturated heterocycles. The van der Waals surface area contributed by atoms with E-state index < -0.39 is 68.7 Å². The number of carboxylic acids is 3. The summed E-state index contributed by atoms with van der Waals surface area (Å²) >= 11 is 0. The van der Waals surface area contributed by atoms with Crippen LogP contribution in [0.5, 0.6) is 17.2 Å². The molecule has 0 aliphatic carbocycles. The van der Waals surface area contributed by atoms with Gasteiger partial charge in [0, 0.05) is 37.5 Å². The van der Waals surface area contributed by atoms with Gasteiger partial charge in [0.1, 0.15) is 17.3 Å². The average Bonchev–Trinajstić information content (AvgIpc) is 2.88. The molecule has 0 fully saturated rings. The molecule has 210 valence electrons. The molecule has 0 bridgehead atoms. The van der Waals surface area contributed by atoms with Gasteiger partial charge in [0.05, 0.1) is 0 Å². The largest absolute Gasteiger partial charge is 3.00 e. The Balaban J connectivity index is 0.000000563. The van der Waals surface area contributed by atoms with E-state index in [1.165, 1.54) is 0 Å². The Kier molecular flexibility index (Phi) is 13.8. The number of carbonyl (C=O) groups is 3. The zero-order valence-electron chi connectivity index (χ0n) is 21.2. The average molecular weight is 619 g/mol. The van der Waals surface area contributed by atoms with E-state index >= 15 is 0 Å². The van der Waals surface area contributed by atoms with Gasteiger partial charge < -0.3 is 43.9 Å². The maximum atomic E-state index is 10.9. The first-order valence-electron chi connectivity index (χ1n) is 10.9. The van der Waals surface area contributed by atoms with E-state index in [-0.39, 0.29) is 37.1 Å². The fourth-order valence-electron chi connectivity index (χ4n) is 2.54. The van der Waals surface area contributed by atoms with Crippen LogP contribution >= 0.6 is 0 Å². The maximum Gasteiger partial charge on any atom is 3.00 e. The van der Waals surface area contributed by atoms with Crippen molar-refractivity contribution in [3.8, 4) is 17.2 Å². The first kappa shape index (κ1) is 35.3. The summed E-state index contributed by atoms with van der Waals surface area (Å²) in [6.07, 6.45) is 1.11. The second-order valence-electron chi connectivity index (χ2n) is 7.18. The van der Waals surface area contributed by atoms with Crippen molar-refractivity contribution in [2.75, 3.05) is 0 Å². The summed E-state index contributed by atoms with van der Waals surface area (Å²) < 4.78 is 14.1. The summed E-state index contributed by atoms with van der Waals surface area (Å²) in [6, 6.07) is 3.03. The van der Waals surface area contributed by atoms with Crippen LogP contribution in [0.15, 0.2) is 45.8 Å². The van der Waals surface area contributed by atoms with Crippen LogP contribution in [0.2, 0.25) is 0 Å². The monoisotopic (exact) mass is 618 g/mol. The fraction of sp³-hybridized carbons (Fsp3) is 0.250. The number of aryl methyl sites for hydroxylation is 3. The molecule has 3 N–H and O–H groups in total. The second kappa shape index (κ2) is 15.6. The van der Waals surface area contributed by atoms with Crippen LogP contribution in [0, 0.1) is 0 Å². The van der Waals surface area contributed by atoms with Crippen molar-refractivity contribution in [3.63, 3.8) is 0 Å². The van der Waals surface area contributed by atoms with Gasteiger partial charge in [-0.2, -0.15) is 0 Å². The van der Waals surface area contributed by atoms with Crippen molar-refractivity contribution in [1.29, 1.82) is 0 Å². The molecule has 15 nitrogen and oxygen atoms in total. The molecule has 0 amide bonds. The van der Waals surface area contributed by atoms with Crippen molar-refractivity contribution >= 4 is 37.7 Å². The molecule has 0 aliphatic heterocycles. The topological polar surface area (TPSA) is 272 Å². The third-order valence-corrected chi connectivity index (χ3v) is 4.49. The van der Waals surface area contributed by atoms with Crippen LogP contribution in [0.3, 0.4) is 0 Å². The fourth-order valence-corrected chi connectivity index (χ4v) is 2.54. The van der Waals surface area contributed by atoms with Gasteiger partial charge in [0.15, 0.2) is 16.3 Å².